The van der Waals surface area contributed by atoms with Gasteiger partial charge in [-0.1, -0.05) is 6.07 Å². The molecular weight excluding hydrogens is 280 g/mol. The molecule has 2 atom stereocenters. The second-order valence-corrected chi connectivity index (χ2v) is 7.99. The van der Waals surface area contributed by atoms with Crippen LogP contribution >= 0.6 is 11.3 Å². The van der Waals surface area contributed by atoms with E-state index in [1.807, 2.05) is 11.3 Å². The molecule has 4 heterocycles. The number of hydrogen-bond donors (Lipinski definition) is 0. The molecule has 0 aromatic carbocycles. The van der Waals surface area contributed by atoms with Gasteiger partial charge in [-0.3, -0.25) is 4.90 Å². The summed E-state index contributed by atoms with van der Waals surface area (Å²) < 4.78 is 6.30. The molecule has 3 fully saturated rings. The summed E-state index contributed by atoms with van der Waals surface area (Å²) in [5.41, 5.74) is 0.156. The van der Waals surface area contributed by atoms with E-state index in [1.54, 1.807) is 0 Å². The average Bonchev–Trinajstić information content (AvgIpc) is 3.22. The lowest BCUT2D eigenvalue weighted by atomic mass is 9.89. The van der Waals surface area contributed by atoms with Crippen LogP contribution in [0.4, 0.5) is 0 Å². The van der Waals surface area contributed by atoms with Crippen LogP contribution in [0, 0.1) is 0 Å². The first-order valence-electron chi connectivity index (χ1n) is 8.46. The van der Waals surface area contributed by atoms with Gasteiger partial charge in [0, 0.05) is 37.2 Å². The standard InChI is InChI=1S/C17H26N2OS/c1-2-8-19(7-1)15-5-10-20-17(12-15)6-9-18(14-17)13-16-4-3-11-21-16/h3-4,11,15H,1-2,5-10,12-14H2/t15-,17-/m0/s1. The van der Waals surface area contributed by atoms with Gasteiger partial charge in [0.05, 0.1) is 5.60 Å². The summed E-state index contributed by atoms with van der Waals surface area (Å²) >= 11 is 1.88. The lowest BCUT2D eigenvalue weighted by Crippen LogP contribution is -2.49. The Bertz CT molecular complexity index is 457. The highest BCUT2D eigenvalue weighted by molar-refractivity contribution is 7.09. The zero-order valence-electron chi connectivity index (χ0n) is 12.8. The summed E-state index contributed by atoms with van der Waals surface area (Å²) in [7, 11) is 0. The highest BCUT2D eigenvalue weighted by atomic mass is 32.1. The van der Waals surface area contributed by atoms with Crippen molar-refractivity contribution in [1.29, 1.82) is 0 Å². The fourth-order valence-electron chi connectivity index (χ4n) is 4.39. The second kappa shape index (κ2) is 5.99. The molecule has 1 spiro atoms. The van der Waals surface area contributed by atoms with Gasteiger partial charge in [0.1, 0.15) is 0 Å². The molecule has 4 rings (SSSR count). The van der Waals surface area contributed by atoms with E-state index in [0.717, 1.165) is 25.7 Å². The summed E-state index contributed by atoms with van der Waals surface area (Å²) in [5, 5.41) is 2.18. The third-order valence-corrected chi connectivity index (χ3v) is 6.34. The summed E-state index contributed by atoms with van der Waals surface area (Å²) in [6, 6.07) is 5.19. The molecule has 3 aliphatic heterocycles. The molecule has 116 valence electrons. The Labute approximate surface area is 131 Å². The topological polar surface area (TPSA) is 15.7 Å². The Balaban J connectivity index is 1.38. The Morgan fingerprint density at radius 1 is 1.29 bits per heavy atom. The van der Waals surface area contributed by atoms with Crippen LogP contribution in [0.1, 0.15) is 37.0 Å². The van der Waals surface area contributed by atoms with Crippen molar-refractivity contribution in [3.8, 4) is 0 Å². The lowest BCUT2D eigenvalue weighted by Gasteiger charge is -2.41. The first-order valence-corrected chi connectivity index (χ1v) is 9.34. The molecule has 1 aromatic heterocycles. The second-order valence-electron chi connectivity index (χ2n) is 6.96. The van der Waals surface area contributed by atoms with Crippen molar-refractivity contribution in [2.24, 2.45) is 0 Å². The van der Waals surface area contributed by atoms with Crippen LogP contribution in [0.2, 0.25) is 0 Å². The van der Waals surface area contributed by atoms with Gasteiger partial charge in [0.15, 0.2) is 0 Å². The highest BCUT2D eigenvalue weighted by Gasteiger charge is 2.44. The highest BCUT2D eigenvalue weighted by Crippen LogP contribution is 2.37. The zero-order chi connectivity index (χ0) is 14.1. The maximum atomic E-state index is 6.30. The SMILES string of the molecule is c1csc(CN2CC[C@]3(C[C@@H](N4CCCC4)CCO3)C2)c1. The molecule has 3 aliphatic rings. The van der Waals surface area contributed by atoms with Gasteiger partial charge in [-0.2, -0.15) is 0 Å². The fourth-order valence-corrected chi connectivity index (χ4v) is 5.14. The van der Waals surface area contributed by atoms with Crippen molar-refractivity contribution in [3.05, 3.63) is 22.4 Å². The molecule has 0 saturated carbocycles. The number of ether oxygens (including phenoxy) is 1. The van der Waals surface area contributed by atoms with E-state index in [-0.39, 0.29) is 5.60 Å². The molecule has 3 nitrogen and oxygen atoms in total. The van der Waals surface area contributed by atoms with Gasteiger partial charge in [0.2, 0.25) is 0 Å². The van der Waals surface area contributed by atoms with E-state index in [1.165, 1.54) is 56.6 Å². The molecule has 0 radical (unpaired) electrons. The number of nitrogens with zero attached hydrogens (tertiary/aromatic N) is 2. The van der Waals surface area contributed by atoms with Crippen molar-refractivity contribution < 1.29 is 4.74 Å². The predicted molar refractivity (Wildman–Crippen MR) is 86.7 cm³/mol. The van der Waals surface area contributed by atoms with Crippen LogP contribution in [0.15, 0.2) is 17.5 Å². The molecule has 21 heavy (non-hydrogen) atoms. The average molecular weight is 306 g/mol. The van der Waals surface area contributed by atoms with Crippen LogP contribution < -0.4 is 0 Å². The van der Waals surface area contributed by atoms with Crippen molar-refractivity contribution in [2.45, 2.75) is 50.3 Å². The number of hydrogen-bond acceptors (Lipinski definition) is 4. The van der Waals surface area contributed by atoms with Crippen LogP contribution in [0.25, 0.3) is 0 Å². The number of likely N-dealkylation sites (tertiary alicyclic amines) is 2. The predicted octanol–water partition coefficient (Wildman–Crippen LogP) is 2.97. The molecule has 0 N–H and O–H groups in total. The van der Waals surface area contributed by atoms with Crippen LogP contribution in [-0.2, 0) is 11.3 Å². The van der Waals surface area contributed by atoms with Gasteiger partial charge >= 0.3 is 0 Å². The fraction of sp³-hybridized carbons (Fsp3) is 0.765. The summed E-state index contributed by atoms with van der Waals surface area (Å²) in [5.74, 6) is 0. The minimum absolute atomic E-state index is 0.156. The van der Waals surface area contributed by atoms with Crippen LogP contribution in [0.5, 0.6) is 0 Å². The number of rotatable bonds is 3. The molecule has 0 aliphatic carbocycles. The minimum Gasteiger partial charge on any atom is -0.373 e. The molecule has 0 unspecified atom stereocenters. The summed E-state index contributed by atoms with van der Waals surface area (Å²) in [6.07, 6.45) is 6.52. The molecule has 3 saturated heterocycles. The van der Waals surface area contributed by atoms with E-state index < -0.39 is 0 Å². The van der Waals surface area contributed by atoms with E-state index in [4.69, 9.17) is 4.74 Å². The maximum Gasteiger partial charge on any atom is 0.0835 e. The van der Waals surface area contributed by atoms with E-state index in [0.29, 0.717) is 0 Å². The maximum absolute atomic E-state index is 6.30. The Morgan fingerprint density at radius 3 is 3.00 bits per heavy atom. The molecular formula is C17H26N2OS. The first-order chi connectivity index (χ1) is 10.3. The van der Waals surface area contributed by atoms with E-state index in [9.17, 15) is 0 Å². The van der Waals surface area contributed by atoms with Crippen molar-refractivity contribution in [2.75, 3.05) is 32.8 Å². The van der Waals surface area contributed by atoms with Crippen molar-refractivity contribution >= 4 is 11.3 Å². The number of thiophene rings is 1. The van der Waals surface area contributed by atoms with Crippen LogP contribution in [0.3, 0.4) is 0 Å². The Morgan fingerprint density at radius 2 is 2.19 bits per heavy atom. The first kappa shape index (κ1) is 14.2. The van der Waals surface area contributed by atoms with Gasteiger partial charge < -0.3 is 9.64 Å². The van der Waals surface area contributed by atoms with Gasteiger partial charge in [-0.25, -0.2) is 0 Å². The Kier molecular flexibility index (Phi) is 4.05. The molecule has 0 bridgehead atoms. The lowest BCUT2D eigenvalue weighted by molar-refractivity contribution is -0.0960. The van der Waals surface area contributed by atoms with Crippen molar-refractivity contribution in [1.82, 2.24) is 9.80 Å². The van der Waals surface area contributed by atoms with Crippen LogP contribution in [-0.4, -0.2) is 54.2 Å². The minimum atomic E-state index is 0.156. The third-order valence-electron chi connectivity index (χ3n) is 5.48. The summed E-state index contributed by atoms with van der Waals surface area (Å²) in [6.45, 7) is 7.05. The Hall–Kier alpha value is -0.420. The van der Waals surface area contributed by atoms with Gasteiger partial charge in [-0.15, -0.1) is 11.3 Å². The summed E-state index contributed by atoms with van der Waals surface area (Å²) in [4.78, 5) is 6.81. The zero-order valence-corrected chi connectivity index (χ0v) is 13.6. The van der Waals surface area contributed by atoms with Gasteiger partial charge in [0.25, 0.3) is 0 Å². The van der Waals surface area contributed by atoms with Crippen molar-refractivity contribution in [3.63, 3.8) is 0 Å². The molecule has 4 heteroatoms. The molecule has 1 aromatic rings. The normalized spacial score (nSPS) is 35.0. The third kappa shape index (κ3) is 3.04. The van der Waals surface area contributed by atoms with Gasteiger partial charge in [-0.05, 0) is 56.6 Å². The smallest absolute Gasteiger partial charge is 0.0835 e. The van der Waals surface area contributed by atoms with E-state index in [2.05, 4.69) is 27.3 Å². The monoisotopic (exact) mass is 306 g/mol. The molecule has 0 amide bonds. The quantitative estimate of drug-likeness (QED) is 0.854. The van der Waals surface area contributed by atoms with E-state index >= 15 is 0 Å². The largest absolute Gasteiger partial charge is 0.373 e.